The van der Waals surface area contributed by atoms with Crippen LogP contribution in [0.4, 0.5) is 0 Å². The standard InChI is InChI=1S/C24H35N5O5/c1-17-11-29(18(2)15-30)23(31)8-5-9-28-13-21(25-26-28)16-34-22(17)14-27(3)12-19-6-4-7-20(10-19)24(32)33/h4,6-7,10,13,17-18,22,30H,5,8-9,11-12,14-16H2,1-3H3,(H,32,33)/t17-,18+,22+/m1/s1. The summed E-state index contributed by atoms with van der Waals surface area (Å²) >= 11 is 0. The summed E-state index contributed by atoms with van der Waals surface area (Å²) in [5.41, 5.74) is 1.89. The highest BCUT2D eigenvalue weighted by atomic mass is 16.5. The topological polar surface area (TPSA) is 121 Å². The van der Waals surface area contributed by atoms with Crippen LogP contribution in [0, 0.1) is 5.92 Å². The van der Waals surface area contributed by atoms with Gasteiger partial charge in [-0.25, -0.2) is 4.79 Å². The normalized spacial score (nSPS) is 21.0. The minimum atomic E-state index is -0.951. The Morgan fingerprint density at radius 2 is 2.18 bits per heavy atom. The molecule has 10 nitrogen and oxygen atoms in total. The van der Waals surface area contributed by atoms with Gasteiger partial charge in [-0.15, -0.1) is 5.10 Å². The molecule has 0 saturated carbocycles. The molecule has 2 heterocycles. The summed E-state index contributed by atoms with van der Waals surface area (Å²) in [7, 11) is 1.96. The molecule has 2 aromatic rings. The van der Waals surface area contributed by atoms with Gasteiger partial charge < -0.3 is 19.8 Å². The molecule has 3 atom stereocenters. The highest BCUT2D eigenvalue weighted by Crippen LogP contribution is 2.18. The van der Waals surface area contributed by atoms with Crippen molar-refractivity contribution in [2.24, 2.45) is 5.92 Å². The lowest BCUT2D eigenvalue weighted by molar-refractivity contribution is -0.136. The summed E-state index contributed by atoms with van der Waals surface area (Å²) in [5, 5.41) is 27.3. The molecule has 10 heteroatoms. The van der Waals surface area contributed by atoms with E-state index in [9.17, 15) is 19.8 Å². The Labute approximate surface area is 200 Å². The fourth-order valence-electron chi connectivity index (χ4n) is 4.18. The number of fused-ring (bicyclic) bond motifs is 2. The van der Waals surface area contributed by atoms with Crippen molar-refractivity contribution in [3.8, 4) is 0 Å². The third-order valence-corrected chi connectivity index (χ3v) is 6.16. The Kier molecular flexibility index (Phi) is 9.14. The number of hydrogen-bond donors (Lipinski definition) is 2. The first-order valence-corrected chi connectivity index (χ1v) is 11.7. The first-order valence-electron chi connectivity index (χ1n) is 11.7. The molecular weight excluding hydrogens is 438 g/mol. The number of aromatic carboxylic acids is 1. The van der Waals surface area contributed by atoms with Crippen molar-refractivity contribution in [1.29, 1.82) is 0 Å². The molecule has 0 radical (unpaired) electrons. The Hall–Kier alpha value is -2.82. The fourth-order valence-corrected chi connectivity index (χ4v) is 4.18. The lowest BCUT2D eigenvalue weighted by Crippen LogP contribution is -2.47. The first kappa shape index (κ1) is 25.8. The van der Waals surface area contributed by atoms with Gasteiger partial charge in [0.1, 0.15) is 5.69 Å². The van der Waals surface area contributed by atoms with Crippen LogP contribution in [-0.4, -0.2) is 85.8 Å². The van der Waals surface area contributed by atoms with E-state index >= 15 is 0 Å². The minimum Gasteiger partial charge on any atom is -0.478 e. The number of aromatic nitrogens is 3. The molecule has 0 saturated heterocycles. The number of aryl methyl sites for hydroxylation is 1. The van der Waals surface area contributed by atoms with Crippen LogP contribution in [0.5, 0.6) is 0 Å². The molecule has 34 heavy (non-hydrogen) atoms. The number of carboxylic acid groups (broad SMARTS) is 1. The Morgan fingerprint density at radius 3 is 2.91 bits per heavy atom. The van der Waals surface area contributed by atoms with E-state index in [0.29, 0.717) is 45.6 Å². The number of carbonyl (C=O) groups excluding carboxylic acids is 1. The molecule has 1 amide bonds. The molecule has 1 aliphatic rings. The zero-order valence-electron chi connectivity index (χ0n) is 20.1. The van der Waals surface area contributed by atoms with Gasteiger partial charge in [0.05, 0.1) is 37.1 Å². The van der Waals surface area contributed by atoms with E-state index in [1.54, 1.807) is 27.8 Å². The van der Waals surface area contributed by atoms with Gasteiger partial charge in [0.15, 0.2) is 0 Å². The van der Waals surface area contributed by atoms with E-state index in [1.165, 1.54) is 0 Å². The number of amides is 1. The zero-order valence-corrected chi connectivity index (χ0v) is 20.1. The number of ether oxygens (including phenoxy) is 1. The van der Waals surface area contributed by atoms with E-state index in [2.05, 4.69) is 15.2 Å². The fraction of sp³-hybridized carbons (Fsp3) is 0.583. The third-order valence-electron chi connectivity index (χ3n) is 6.16. The van der Waals surface area contributed by atoms with E-state index in [4.69, 9.17) is 4.74 Å². The number of aliphatic hydroxyl groups is 1. The second kappa shape index (κ2) is 12.0. The van der Waals surface area contributed by atoms with Crippen LogP contribution in [-0.2, 0) is 29.2 Å². The number of benzene rings is 1. The van der Waals surface area contributed by atoms with Crippen molar-refractivity contribution < 1.29 is 24.5 Å². The average molecular weight is 474 g/mol. The maximum Gasteiger partial charge on any atom is 0.335 e. The zero-order chi connectivity index (χ0) is 24.7. The smallest absolute Gasteiger partial charge is 0.335 e. The number of hydrogen-bond acceptors (Lipinski definition) is 7. The van der Waals surface area contributed by atoms with Gasteiger partial charge in [-0.3, -0.25) is 14.4 Å². The Balaban J connectivity index is 1.76. The maximum absolute atomic E-state index is 13.0. The molecule has 1 aliphatic heterocycles. The van der Waals surface area contributed by atoms with Crippen molar-refractivity contribution in [2.45, 2.75) is 58.5 Å². The highest BCUT2D eigenvalue weighted by molar-refractivity contribution is 5.87. The third kappa shape index (κ3) is 7.09. The molecule has 1 aromatic carbocycles. The second-order valence-electron chi connectivity index (χ2n) is 9.18. The lowest BCUT2D eigenvalue weighted by atomic mass is 10.0. The number of likely N-dealkylation sites (N-methyl/N-ethyl adjacent to an activating group) is 1. The van der Waals surface area contributed by atoms with Crippen LogP contribution in [0.15, 0.2) is 30.5 Å². The van der Waals surface area contributed by atoms with Crippen LogP contribution >= 0.6 is 0 Å². The van der Waals surface area contributed by atoms with Crippen molar-refractivity contribution in [3.05, 3.63) is 47.3 Å². The molecule has 2 N–H and O–H groups in total. The molecule has 2 bridgehead atoms. The van der Waals surface area contributed by atoms with E-state index in [1.807, 2.05) is 33.2 Å². The Bertz CT molecular complexity index is 965. The summed E-state index contributed by atoms with van der Waals surface area (Å²) in [6.45, 7) is 6.29. The molecular formula is C24H35N5O5. The van der Waals surface area contributed by atoms with Crippen LogP contribution in [0.1, 0.15) is 48.3 Å². The van der Waals surface area contributed by atoms with Gasteiger partial charge in [0, 0.05) is 38.5 Å². The van der Waals surface area contributed by atoms with Crippen LogP contribution in [0.25, 0.3) is 0 Å². The maximum atomic E-state index is 13.0. The number of aliphatic hydroxyl groups excluding tert-OH is 1. The summed E-state index contributed by atoms with van der Waals surface area (Å²) in [4.78, 5) is 28.1. The molecule has 3 rings (SSSR count). The predicted molar refractivity (Wildman–Crippen MR) is 125 cm³/mol. The van der Waals surface area contributed by atoms with Gasteiger partial charge in [0.2, 0.25) is 5.91 Å². The predicted octanol–water partition coefficient (Wildman–Crippen LogP) is 1.63. The quantitative estimate of drug-likeness (QED) is 0.623. The first-order chi connectivity index (χ1) is 16.3. The number of rotatable bonds is 7. The van der Waals surface area contributed by atoms with Crippen LogP contribution in [0.3, 0.4) is 0 Å². The van der Waals surface area contributed by atoms with Crippen molar-refractivity contribution >= 4 is 11.9 Å². The van der Waals surface area contributed by atoms with Gasteiger partial charge in [-0.2, -0.15) is 0 Å². The molecule has 0 fully saturated rings. The van der Waals surface area contributed by atoms with Crippen molar-refractivity contribution in [3.63, 3.8) is 0 Å². The number of carboxylic acids is 1. The molecule has 0 unspecified atom stereocenters. The second-order valence-corrected chi connectivity index (χ2v) is 9.18. The molecule has 0 aliphatic carbocycles. The monoisotopic (exact) mass is 473 g/mol. The van der Waals surface area contributed by atoms with Crippen LogP contribution < -0.4 is 0 Å². The summed E-state index contributed by atoms with van der Waals surface area (Å²) in [5.74, 6) is -0.959. The minimum absolute atomic E-state index is 0.00516. The Morgan fingerprint density at radius 1 is 1.38 bits per heavy atom. The van der Waals surface area contributed by atoms with Crippen molar-refractivity contribution in [2.75, 3.05) is 26.7 Å². The summed E-state index contributed by atoms with van der Waals surface area (Å²) < 4.78 is 8.01. The molecule has 1 aromatic heterocycles. The SMILES string of the molecule is C[C@@H]1CN([C@@H](C)CO)C(=O)CCCn2cc(nn2)CO[C@H]1CN(C)Cc1cccc(C(=O)O)c1. The summed E-state index contributed by atoms with van der Waals surface area (Å²) in [6, 6.07) is 6.62. The van der Waals surface area contributed by atoms with Crippen LogP contribution in [0.2, 0.25) is 0 Å². The average Bonchev–Trinajstić information content (AvgIpc) is 3.26. The largest absolute Gasteiger partial charge is 0.478 e. The van der Waals surface area contributed by atoms with E-state index < -0.39 is 5.97 Å². The van der Waals surface area contributed by atoms with E-state index in [-0.39, 0.29) is 36.1 Å². The van der Waals surface area contributed by atoms with Gasteiger partial charge in [0.25, 0.3) is 0 Å². The van der Waals surface area contributed by atoms with Crippen molar-refractivity contribution in [1.82, 2.24) is 24.8 Å². The van der Waals surface area contributed by atoms with Gasteiger partial charge in [-0.1, -0.05) is 24.3 Å². The highest BCUT2D eigenvalue weighted by Gasteiger charge is 2.28. The summed E-state index contributed by atoms with van der Waals surface area (Å²) in [6.07, 6.45) is 2.64. The van der Waals surface area contributed by atoms with Gasteiger partial charge >= 0.3 is 5.97 Å². The van der Waals surface area contributed by atoms with E-state index in [0.717, 1.165) is 11.3 Å². The molecule has 186 valence electrons. The molecule has 0 spiro atoms. The van der Waals surface area contributed by atoms with Gasteiger partial charge in [-0.05, 0) is 38.1 Å². The lowest BCUT2D eigenvalue weighted by Gasteiger charge is -2.35. The number of carbonyl (C=O) groups is 2. The number of nitrogens with zero attached hydrogens (tertiary/aromatic N) is 5.